The highest BCUT2D eigenvalue weighted by Gasteiger charge is 2.18. The lowest BCUT2D eigenvalue weighted by Crippen LogP contribution is -2.37. The lowest BCUT2D eigenvalue weighted by molar-refractivity contribution is 0.227. The molecule has 0 aliphatic rings. The average Bonchev–Trinajstić information content (AvgIpc) is 2.45. The van der Waals surface area contributed by atoms with Crippen molar-refractivity contribution in [2.75, 3.05) is 18.6 Å². The SMILES string of the molecule is CCN(Cc1ccc(Cl)c2cccnc12)C(C)CS(C)(=O)=O. The first-order chi connectivity index (χ1) is 10.3. The lowest BCUT2D eigenvalue weighted by atomic mass is 10.1. The number of halogens is 1. The minimum atomic E-state index is -3.00. The van der Waals surface area contributed by atoms with Crippen LogP contribution in [0.4, 0.5) is 0 Å². The number of sulfone groups is 1. The van der Waals surface area contributed by atoms with E-state index in [1.807, 2.05) is 38.1 Å². The first kappa shape index (κ1) is 17.2. The molecule has 0 bridgehead atoms. The number of rotatable bonds is 6. The molecule has 0 fully saturated rings. The Balaban J connectivity index is 2.30. The van der Waals surface area contributed by atoms with Crippen LogP contribution in [0.15, 0.2) is 30.5 Å². The van der Waals surface area contributed by atoms with E-state index in [2.05, 4.69) is 9.88 Å². The van der Waals surface area contributed by atoms with Crippen molar-refractivity contribution in [1.29, 1.82) is 0 Å². The lowest BCUT2D eigenvalue weighted by Gasteiger charge is -2.27. The third-order valence-corrected chi connectivity index (χ3v) is 5.16. The summed E-state index contributed by atoms with van der Waals surface area (Å²) in [7, 11) is -3.00. The van der Waals surface area contributed by atoms with Crippen LogP contribution in [0.2, 0.25) is 5.02 Å². The molecule has 0 amide bonds. The van der Waals surface area contributed by atoms with Gasteiger partial charge in [-0.05, 0) is 37.2 Å². The van der Waals surface area contributed by atoms with Gasteiger partial charge in [-0.15, -0.1) is 0 Å². The van der Waals surface area contributed by atoms with E-state index in [0.717, 1.165) is 23.0 Å². The summed E-state index contributed by atoms with van der Waals surface area (Å²) in [6.07, 6.45) is 3.02. The van der Waals surface area contributed by atoms with Crippen LogP contribution in [0, 0.1) is 0 Å². The third-order valence-electron chi connectivity index (χ3n) is 3.75. The number of hydrogen-bond donors (Lipinski definition) is 0. The molecule has 22 heavy (non-hydrogen) atoms. The van der Waals surface area contributed by atoms with Crippen LogP contribution in [-0.2, 0) is 16.4 Å². The van der Waals surface area contributed by atoms with Gasteiger partial charge in [-0.3, -0.25) is 9.88 Å². The third kappa shape index (κ3) is 4.18. The van der Waals surface area contributed by atoms with Crippen LogP contribution in [0.3, 0.4) is 0 Å². The molecule has 0 aliphatic carbocycles. The predicted octanol–water partition coefficient (Wildman–Crippen LogP) is 3.14. The van der Waals surface area contributed by atoms with Gasteiger partial charge in [-0.1, -0.05) is 24.6 Å². The highest BCUT2D eigenvalue weighted by molar-refractivity contribution is 7.90. The fourth-order valence-corrected chi connectivity index (χ4v) is 3.97. The summed E-state index contributed by atoms with van der Waals surface area (Å²) >= 11 is 6.22. The maximum Gasteiger partial charge on any atom is 0.148 e. The van der Waals surface area contributed by atoms with Gasteiger partial charge in [0.1, 0.15) is 9.84 Å². The summed E-state index contributed by atoms with van der Waals surface area (Å²) in [5.74, 6) is 0.153. The van der Waals surface area contributed by atoms with Crippen LogP contribution < -0.4 is 0 Å². The smallest absolute Gasteiger partial charge is 0.148 e. The fraction of sp³-hybridized carbons (Fsp3) is 0.438. The molecule has 120 valence electrons. The van der Waals surface area contributed by atoms with Crippen LogP contribution >= 0.6 is 11.6 Å². The standard InChI is InChI=1S/C16H21ClN2O2S/c1-4-19(12(2)11-22(3,20)21)10-13-7-8-15(17)14-6-5-9-18-16(13)14/h5-9,12H,4,10-11H2,1-3H3. The van der Waals surface area contributed by atoms with Crippen LogP contribution in [0.1, 0.15) is 19.4 Å². The minimum Gasteiger partial charge on any atom is -0.296 e. The Hall–Kier alpha value is -1.17. The van der Waals surface area contributed by atoms with Crippen molar-refractivity contribution in [1.82, 2.24) is 9.88 Å². The molecule has 0 N–H and O–H groups in total. The van der Waals surface area contributed by atoms with E-state index in [1.165, 1.54) is 6.26 Å². The molecule has 1 heterocycles. The molecule has 2 rings (SSSR count). The molecule has 0 saturated heterocycles. The molecule has 0 aliphatic heterocycles. The van der Waals surface area contributed by atoms with Crippen molar-refractivity contribution in [2.45, 2.75) is 26.4 Å². The van der Waals surface area contributed by atoms with E-state index in [4.69, 9.17) is 11.6 Å². The van der Waals surface area contributed by atoms with Crippen molar-refractivity contribution in [3.63, 3.8) is 0 Å². The van der Waals surface area contributed by atoms with Crippen molar-refractivity contribution in [2.24, 2.45) is 0 Å². The Bertz CT molecular complexity index is 762. The molecule has 1 atom stereocenters. The van der Waals surface area contributed by atoms with Gasteiger partial charge >= 0.3 is 0 Å². The summed E-state index contributed by atoms with van der Waals surface area (Å²) < 4.78 is 23.0. The fourth-order valence-electron chi connectivity index (χ4n) is 2.67. The second kappa shape index (κ2) is 6.94. The van der Waals surface area contributed by atoms with Gasteiger partial charge in [-0.25, -0.2) is 8.42 Å². The van der Waals surface area contributed by atoms with Crippen molar-refractivity contribution < 1.29 is 8.42 Å². The second-order valence-electron chi connectivity index (χ2n) is 5.61. The van der Waals surface area contributed by atoms with Crippen molar-refractivity contribution in [3.05, 3.63) is 41.0 Å². The Kier molecular flexibility index (Phi) is 5.42. The molecule has 0 radical (unpaired) electrons. The first-order valence-corrected chi connectivity index (χ1v) is 9.69. The zero-order chi connectivity index (χ0) is 16.3. The maximum atomic E-state index is 11.5. The zero-order valence-electron chi connectivity index (χ0n) is 13.1. The molecule has 0 saturated carbocycles. The molecule has 1 aromatic heterocycles. The van der Waals surface area contributed by atoms with Crippen LogP contribution in [0.5, 0.6) is 0 Å². The normalized spacial score (nSPS) is 13.7. The molecule has 2 aromatic rings. The monoisotopic (exact) mass is 340 g/mol. The van der Waals surface area contributed by atoms with Gasteiger partial charge in [0.05, 0.1) is 11.3 Å². The highest BCUT2D eigenvalue weighted by Crippen LogP contribution is 2.26. The van der Waals surface area contributed by atoms with Gasteiger partial charge in [0.2, 0.25) is 0 Å². The summed E-state index contributed by atoms with van der Waals surface area (Å²) in [5.41, 5.74) is 1.93. The van der Waals surface area contributed by atoms with E-state index in [0.29, 0.717) is 11.6 Å². The maximum absolute atomic E-state index is 11.5. The minimum absolute atomic E-state index is 0.0468. The second-order valence-corrected chi connectivity index (χ2v) is 8.20. The van der Waals surface area contributed by atoms with Gasteiger partial charge in [-0.2, -0.15) is 0 Å². The largest absolute Gasteiger partial charge is 0.296 e. The number of aromatic nitrogens is 1. The van der Waals surface area contributed by atoms with Gasteiger partial charge in [0, 0.05) is 35.4 Å². The molecule has 4 nitrogen and oxygen atoms in total. The summed E-state index contributed by atoms with van der Waals surface area (Å²) in [6.45, 7) is 5.39. The summed E-state index contributed by atoms with van der Waals surface area (Å²) in [4.78, 5) is 6.57. The van der Waals surface area contributed by atoms with Crippen molar-refractivity contribution in [3.8, 4) is 0 Å². The molecular weight excluding hydrogens is 320 g/mol. The number of hydrogen-bond acceptors (Lipinski definition) is 4. The van der Waals surface area contributed by atoms with E-state index in [9.17, 15) is 8.42 Å². The number of nitrogens with zero attached hydrogens (tertiary/aromatic N) is 2. The zero-order valence-corrected chi connectivity index (χ0v) is 14.7. The van der Waals surface area contributed by atoms with E-state index >= 15 is 0 Å². The molecule has 1 aromatic carbocycles. The summed E-state index contributed by atoms with van der Waals surface area (Å²) in [6, 6.07) is 7.60. The Morgan fingerprint density at radius 3 is 2.68 bits per heavy atom. The quantitative estimate of drug-likeness (QED) is 0.810. The Morgan fingerprint density at radius 1 is 1.32 bits per heavy atom. The topological polar surface area (TPSA) is 50.3 Å². The van der Waals surface area contributed by atoms with Gasteiger partial charge in [0.15, 0.2) is 0 Å². The van der Waals surface area contributed by atoms with Gasteiger partial charge < -0.3 is 0 Å². The molecule has 0 spiro atoms. The predicted molar refractivity (Wildman–Crippen MR) is 92.0 cm³/mol. The Morgan fingerprint density at radius 2 is 2.05 bits per heavy atom. The van der Waals surface area contributed by atoms with E-state index in [-0.39, 0.29) is 11.8 Å². The molecular formula is C16H21ClN2O2S. The number of pyridine rings is 1. The number of benzene rings is 1. The van der Waals surface area contributed by atoms with E-state index < -0.39 is 9.84 Å². The number of fused-ring (bicyclic) bond motifs is 1. The van der Waals surface area contributed by atoms with Crippen LogP contribution in [0.25, 0.3) is 10.9 Å². The first-order valence-electron chi connectivity index (χ1n) is 7.25. The van der Waals surface area contributed by atoms with E-state index in [1.54, 1.807) is 6.20 Å². The van der Waals surface area contributed by atoms with Gasteiger partial charge in [0.25, 0.3) is 0 Å². The van der Waals surface area contributed by atoms with Crippen molar-refractivity contribution >= 4 is 32.3 Å². The molecule has 6 heteroatoms. The highest BCUT2D eigenvalue weighted by atomic mass is 35.5. The average molecular weight is 341 g/mol. The van der Waals surface area contributed by atoms with Crippen LogP contribution in [-0.4, -0.2) is 42.9 Å². The summed E-state index contributed by atoms with van der Waals surface area (Å²) in [5, 5.41) is 1.60. The Labute approximate surface area is 137 Å². The molecule has 1 unspecified atom stereocenters.